The Labute approximate surface area is 135 Å². The smallest absolute Gasteiger partial charge is 0.191 e. The largest absolute Gasteiger partial charge is 0.379 e. The van der Waals surface area contributed by atoms with Gasteiger partial charge < -0.3 is 15.4 Å². The fraction of sp³-hybridized carbons (Fsp3) is 0.929. The lowest BCUT2D eigenvalue weighted by atomic mass is 9.89. The van der Waals surface area contributed by atoms with Crippen LogP contribution in [0, 0.1) is 11.3 Å². The molecule has 1 saturated carbocycles. The highest BCUT2D eigenvalue weighted by molar-refractivity contribution is 14.0. The quantitative estimate of drug-likeness (QED) is 0.421. The Bertz CT molecular complexity index is 272. The summed E-state index contributed by atoms with van der Waals surface area (Å²) in [5, 5.41) is 6.68. The molecule has 0 aromatic rings. The fourth-order valence-corrected chi connectivity index (χ4v) is 1.78. The van der Waals surface area contributed by atoms with Crippen molar-refractivity contribution in [3.8, 4) is 0 Å². The summed E-state index contributed by atoms with van der Waals surface area (Å²) < 4.78 is 5.52. The van der Waals surface area contributed by atoms with Crippen LogP contribution in [-0.4, -0.2) is 38.8 Å². The summed E-state index contributed by atoms with van der Waals surface area (Å²) in [6.07, 6.45) is 2.86. The van der Waals surface area contributed by atoms with Crippen LogP contribution in [0.1, 0.15) is 40.5 Å². The number of guanidine groups is 1. The van der Waals surface area contributed by atoms with Gasteiger partial charge in [-0.05, 0) is 31.1 Å². The maximum Gasteiger partial charge on any atom is 0.191 e. The molecule has 0 aromatic carbocycles. The van der Waals surface area contributed by atoms with Crippen molar-refractivity contribution in [1.82, 2.24) is 10.6 Å². The lowest BCUT2D eigenvalue weighted by Crippen LogP contribution is -2.40. The van der Waals surface area contributed by atoms with Crippen LogP contribution in [-0.2, 0) is 4.74 Å². The third-order valence-electron chi connectivity index (χ3n) is 3.26. The van der Waals surface area contributed by atoms with Gasteiger partial charge in [0.25, 0.3) is 0 Å². The summed E-state index contributed by atoms with van der Waals surface area (Å²) in [4.78, 5) is 4.62. The molecule has 0 bridgehead atoms. The molecule has 5 heteroatoms. The van der Waals surface area contributed by atoms with Crippen LogP contribution < -0.4 is 10.6 Å². The summed E-state index contributed by atoms with van der Waals surface area (Å²) in [7, 11) is 1.76. The molecule has 1 aliphatic carbocycles. The zero-order chi connectivity index (χ0) is 13.6. The second-order valence-corrected chi connectivity index (χ2v) is 6.13. The van der Waals surface area contributed by atoms with E-state index in [2.05, 4.69) is 43.3 Å². The summed E-state index contributed by atoms with van der Waals surface area (Å²) in [5.74, 6) is 1.77. The van der Waals surface area contributed by atoms with E-state index in [0.717, 1.165) is 25.0 Å². The Balaban J connectivity index is 0.00000324. The second-order valence-electron chi connectivity index (χ2n) is 6.13. The standard InChI is InChI=1S/C14H29N3O.HI/c1-6-15-13(16-9-11-7-8-11)17-10-12(18-5)14(2,3)4;/h11-12H,6-10H2,1-5H3,(H2,15,16,17);1H. The van der Waals surface area contributed by atoms with Gasteiger partial charge in [-0.25, -0.2) is 0 Å². The molecule has 4 nitrogen and oxygen atoms in total. The normalized spacial score (nSPS) is 17.6. The van der Waals surface area contributed by atoms with E-state index in [1.54, 1.807) is 7.11 Å². The van der Waals surface area contributed by atoms with Gasteiger partial charge in [0.05, 0.1) is 12.6 Å². The lowest BCUT2D eigenvalue weighted by molar-refractivity contribution is 0.0241. The van der Waals surface area contributed by atoms with Crippen molar-refractivity contribution in [2.75, 3.05) is 26.7 Å². The van der Waals surface area contributed by atoms with Gasteiger partial charge in [0, 0.05) is 20.2 Å². The highest BCUT2D eigenvalue weighted by Crippen LogP contribution is 2.27. The Hall–Kier alpha value is -0.0400. The third-order valence-corrected chi connectivity index (χ3v) is 3.26. The van der Waals surface area contributed by atoms with Gasteiger partial charge in [-0.2, -0.15) is 0 Å². The molecule has 0 aromatic heterocycles. The molecule has 1 atom stereocenters. The molecule has 19 heavy (non-hydrogen) atoms. The molecule has 0 heterocycles. The first-order valence-electron chi connectivity index (χ1n) is 7.02. The number of ether oxygens (including phenoxy) is 1. The van der Waals surface area contributed by atoms with E-state index in [9.17, 15) is 0 Å². The van der Waals surface area contributed by atoms with Crippen molar-refractivity contribution in [2.24, 2.45) is 16.3 Å². The molecule has 0 saturated heterocycles. The minimum absolute atomic E-state index is 0. The van der Waals surface area contributed by atoms with Gasteiger partial charge in [0.2, 0.25) is 0 Å². The first-order chi connectivity index (χ1) is 8.47. The van der Waals surface area contributed by atoms with E-state index in [-0.39, 0.29) is 35.5 Å². The number of hydrogen-bond donors (Lipinski definition) is 2. The molecule has 0 radical (unpaired) electrons. The number of aliphatic imine (C=N–C) groups is 1. The Kier molecular flexibility index (Phi) is 8.98. The SMILES string of the molecule is CCNC(=NCC(OC)C(C)(C)C)NCC1CC1.I. The number of nitrogens with zero attached hydrogens (tertiary/aromatic N) is 1. The van der Waals surface area contributed by atoms with Crippen molar-refractivity contribution < 1.29 is 4.74 Å². The number of nitrogens with one attached hydrogen (secondary N) is 2. The summed E-state index contributed by atoms with van der Waals surface area (Å²) in [5.41, 5.74) is 0.117. The average Bonchev–Trinajstić information content (AvgIpc) is 3.08. The van der Waals surface area contributed by atoms with Crippen LogP contribution in [0.5, 0.6) is 0 Å². The molecule has 1 fully saturated rings. The molecule has 2 N–H and O–H groups in total. The minimum atomic E-state index is 0. The van der Waals surface area contributed by atoms with Gasteiger partial charge >= 0.3 is 0 Å². The third kappa shape index (κ3) is 7.97. The summed E-state index contributed by atoms with van der Waals surface area (Å²) in [6.45, 7) is 11.3. The predicted octanol–water partition coefficient (Wildman–Crippen LogP) is 2.63. The molecule has 114 valence electrons. The topological polar surface area (TPSA) is 45.7 Å². The molecule has 1 aliphatic rings. The van der Waals surface area contributed by atoms with Crippen LogP contribution >= 0.6 is 24.0 Å². The van der Waals surface area contributed by atoms with E-state index in [1.807, 2.05) is 0 Å². The molecular formula is C14H30IN3O. The molecular weight excluding hydrogens is 353 g/mol. The fourth-order valence-electron chi connectivity index (χ4n) is 1.78. The number of halogens is 1. The van der Waals surface area contributed by atoms with Gasteiger partial charge in [-0.3, -0.25) is 4.99 Å². The maximum atomic E-state index is 5.52. The van der Waals surface area contributed by atoms with E-state index in [4.69, 9.17) is 4.74 Å². The Morgan fingerprint density at radius 3 is 2.37 bits per heavy atom. The van der Waals surface area contributed by atoms with Gasteiger partial charge in [-0.15, -0.1) is 24.0 Å². The molecule has 1 rings (SSSR count). The van der Waals surface area contributed by atoms with Crippen LogP contribution in [0.3, 0.4) is 0 Å². The monoisotopic (exact) mass is 383 g/mol. The highest BCUT2D eigenvalue weighted by Gasteiger charge is 2.24. The number of rotatable bonds is 6. The minimum Gasteiger partial charge on any atom is -0.379 e. The van der Waals surface area contributed by atoms with Crippen molar-refractivity contribution >= 4 is 29.9 Å². The Morgan fingerprint density at radius 2 is 1.95 bits per heavy atom. The zero-order valence-electron chi connectivity index (χ0n) is 13.0. The van der Waals surface area contributed by atoms with Gasteiger partial charge in [0.1, 0.15) is 0 Å². The first kappa shape index (κ1) is 19.0. The van der Waals surface area contributed by atoms with Crippen LogP contribution in [0.15, 0.2) is 4.99 Å². The molecule has 0 spiro atoms. The van der Waals surface area contributed by atoms with Crippen LogP contribution in [0.25, 0.3) is 0 Å². The van der Waals surface area contributed by atoms with E-state index >= 15 is 0 Å². The van der Waals surface area contributed by atoms with Crippen molar-refractivity contribution in [3.63, 3.8) is 0 Å². The second kappa shape index (κ2) is 9.00. The van der Waals surface area contributed by atoms with E-state index < -0.39 is 0 Å². The lowest BCUT2D eigenvalue weighted by Gasteiger charge is -2.28. The first-order valence-corrected chi connectivity index (χ1v) is 7.02. The van der Waals surface area contributed by atoms with E-state index in [1.165, 1.54) is 12.8 Å². The number of hydrogen-bond acceptors (Lipinski definition) is 2. The van der Waals surface area contributed by atoms with Crippen LogP contribution in [0.2, 0.25) is 0 Å². The Morgan fingerprint density at radius 1 is 1.32 bits per heavy atom. The molecule has 0 amide bonds. The molecule has 0 aliphatic heterocycles. The molecule has 1 unspecified atom stereocenters. The number of methoxy groups -OCH3 is 1. The van der Waals surface area contributed by atoms with Crippen molar-refractivity contribution in [1.29, 1.82) is 0 Å². The predicted molar refractivity (Wildman–Crippen MR) is 92.4 cm³/mol. The average molecular weight is 383 g/mol. The zero-order valence-corrected chi connectivity index (χ0v) is 15.3. The van der Waals surface area contributed by atoms with Crippen molar-refractivity contribution in [3.05, 3.63) is 0 Å². The van der Waals surface area contributed by atoms with Gasteiger partial charge in [0.15, 0.2) is 5.96 Å². The van der Waals surface area contributed by atoms with Crippen LogP contribution in [0.4, 0.5) is 0 Å². The summed E-state index contributed by atoms with van der Waals surface area (Å²) in [6, 6.07) is 0. The van der Waals surface area contributed by atoms with Crippen molar-refractivity contribution in [2.45, 2.75) is 46.6 Å². The maximum absolute atomic E-state index is 5.52. The van der Waals surface area contributed by atoms with Gasteiger partial charge in [-0.1, -0.05) is 20.8 Å². The highest BCUT2D eigenvalue weighted by atomic mass is 127. The summed E-state index contributed by atoms with van der Waals surface area (Å²) >= 11 is 0. The van der Waals surface area contributed by atoms with E-state index in [0.29, 0.717) is 6.54 Å².